The van der Waals surface area contributed by atoms with Crippen LogP contribution in [0.3, 0.4) is 0 Å². The number of ether oxygens (including phenoxy) is 1. The number of amides is 4. The van der Waals surface area contributed by atoms with Crippen molar-refractivity contribution in [2.24, 2.45) is 5.41 Å². The topological polar surface area (TPSA) is 99.3 Å². The molecule has 0 saturated carbocycles. The number of hydrazine groups is 1. The van der Waals surface area contributed by atoms with Crippen molar-refractivity contribution in [1.82, 2.24) is 15.3 Å². The number of carbonyl (C=O) groups is 4. The fourth-order valence-electron chi connectivity index (χ4n) is 3.63. The van der Waals surface area contributed by atoms with Crippen molar-refractivity contribution in [1.29, 1.82) is 0 Å². The van der Waals surface area contributed by atoms with Gasteiger partial charge in [-0.15, -0.1) is 12.4 Å². The van der Waals surface area contributed by atoms with E-state index in [4.69, 9.17) is 4.74 Å². The summed E-state index contributed by atoms with van der Waals surface area (Å²) >= 11 is 0. The number of imide groups is 1. The Morgan fingerprint density at radius 1 is 1.13 bits per heavy atom. The molecule has 4 amide bonds. The number of methoxy groups -OCH3 is 1. The van der Waals surface area contributed by atoms with Crippen LogP contribution in [0.2, 0.25) is 0 Å². The Kier molecular flexibility index (Phi) is 8.02. The minimum atomic E-state index is -0.678. The highest BCUT2D eigenvalue weighted by molar-refractivity contribution is 6.01. The molecule has 9 nitrogen and oxygen atoms in total. The third-order valence-electron chi connectivity index (χ3n) is 5.56. The molecule has 2 heterocycles. The number of hydrogen-bond donors (Lipinski definition) is 1. The van der Waals surface area contributed by atoms with E-state index in [1.807, 2.05) is 29.2 Å². The lowest BCUT2D eigenvalue weighted by molar-refractivity contribution is -0.163. The molecule has 1 N–H and O–H groups in total. The van der Waals surface area contributed by atoms with E-state index in [1.165, 1.54) is 0 Å². The molecular formula is C21H29ClN4O5. The summed E-state index contributed by atoms with van der Waals surface area (Å²) in [6.07, 6.45) is 0.771. The number of rotatable bonds is 6. The SMILES string of the molecule is COc1ccccc1N1CCN(CCC(=O)NN2C(=O)CCC(C)(C)C2=O)CC1=O.Cl. The first-order valence-electron chi connectivity index (χ1n) is 10.1. The number of piperazine rings is 1. The van der Waals surface area contributed by atoms with Gasteiger partial charge in [-0.05, 0) is 18.6 Å². The van der Waals surface area contributed by atoms with Crippen molar-refractivity contribution in [3.63, 3.8) is 0 Å². The first-order chi connectivity index (χ1) is 14.2. The third kappa shape index (κ3) is 5.54. The third-order valence-corrected chi connectivity index (χ3v) is 5.56. The zero-order valence-electron chi connectivity index (χ0n) is 18.1. The summed E-state index contributed by atoms with van der Waals surface area (Å²) in [6.45, 7) is 5.14. The van der Waals surface area contributed by atoms with Gasteiger partial charge in [0.2, 0.25) is 17.7 Å². The molecule has 0 bridgehead atoms. The molecule has 0 radical (unpaired) electrons. The average molecular weight is 453 g/mol. The molecular weight excluding hydrogens is 424 g/mol. The maximum atomic E-state index is 12.6. The monoisotopic (exact) mass is 452 g/mol. The molecule has 31 heavy (non-hydrogen) atoms. The van der Waals surface area contributed by atoms with Gasteiger partial charge in [-0.3, -0.25) is 29.5 Å². The van der Waals surface area contributed by atoms with Gasteiger partial charge in [0.05, 0.1) is 19.3 Å². The van der Waals surface area contributed by atoms with Crippen molar-refractivity contribution < 1.29 is 23.9 Å². The Morgan fingerprint density at radius 3 is 2.52 bits per heavy atom. The quantitative estimate of drug-likeness (QED) is 0.654. The van der Waals surface area contributed by atoms with E-state index in [2.05, 4.69) is 5.43 Å². The normalized spacial score (nSPS) is 19.1. The minimum absolute atomic E-state index is 0. The highest BCUT2D eigenvalue weighted by atomic mass is 35.5. The smallest absolute Gasteiger partial charge is 0.253 e. The molecule has 2 aliphatic rings. The highest BCUT2D eigenvalue weighted by Crippen LogP contribution is 2.30. The summed E-state index contributed by atoms with van der Waals surface area (Å²) in [5.74, 6) is -0.651. The van der Waals surface area contributed by atoms with Gasteiger partial charge in [0, 0.05) is 37.9 Å². The van der Waals surface area contributed by atoms with Crippen molar-refractivity contribution in [2.75, 3.05) is 38.2 Å². The predicted octanol–water partition coefficient (Wildman–Crippen LogP) is 1.36. The lowest BCUT2D eigenvalue weighted by Gasteiger charge is -2.36. The van der Waals surface area contributed by atoms with Gasteiger partial charge < -0.3 is 9.64 Å². The summed E-state index contributed by atoms with van der Waals surface area (Å²) in [6, 6.07) is 7.35. The number of carbonyl (C=O) groups excluding carboxylic acids is 4. The zero-order valence-corrected chi connectivity index (χ0v) is 18.9. The van der Waals surface area contributed by atoms with E-state index >= 15 is 0 Å². The first kappa shape index (κ1) is 24.6. The first-order valence-corrected chi connectivity index (χ1v) is 10.1. The van der Waals surface area contributed by atoms with Crippen LogP contribution in [0.15, 0.2) is 24.3 Å². The molecule has 0 atom stereocenters. The number of anilines is 1. The molecule has 3 rings (SSSR count). The second-order valence-electron chi connectivity index (χ2n) is 8.20. The van der Waals surface area contributed by atoms with Gasteiger partial charge >= 0.3 is 0 Å². The van der Waals surface area contributed by atoms with E-state index in [0.717, 1.165) is 10.7 Å². The highest BCUT2D eigenvalue weighted by Gasteiger charge is 2.41. The molecule has 0 spiro atoms. The lowest BCUT2D eigenvalue weighted by Crippen LogP contribution is -2.57. The molecule has 1 aromatic carbocycles. The standard InChI is InChI=1S/C21H28N4O5.ClH/c1-21(2)10-8-18(27)25(20(21)29)22-17(26)9-11-23-12-13-24(19(28)14-23)15-6-4-5-7-16(15)30-3;/h4-7H,8-14H2,1-3H3,(H,22,26);1H. The zero-order chi connectivity index (χ0) is 21.9. The van der Waals surface area contributed by atoms with E-state index in [0.29, 0.717) is 31.8 Å². The Morgan fingerprint density at radius 2 is 1.84 bits per heavy atom. The number of nitrogens with zero attached hydrogens (tertiary/aromatic N) is 3. The number of halogens is 1. The van der Waals surface area contributed by atoms with Crippen molar-refractivity contribution in [2.45, 2.75) is 33.1 Å². The van der Waals surface area contributed by atoms with Gasteiger partial charge in [0.15, 0.2) is 0 Å². The van der Waals surface area contributed by atoms with E-state index in [9.17, 15) is 19.2 Å². The van der Waals surface area contributed by atoms with Gasteiger partial charge in [-0.1, -0.05) is 26.0 Å². The Bertz CT molecular complexity index is 860. The van der Waals surface area contributed by atoms with Crippen molar-refractivity contribution >= 4 is 41.7 Å². The summed E-state index contributed by atoms with van der Waals surface area (Å²) in [4.78, 5) is 52.9. The average Bonchev–Trinajstić information content (AvgIpc) is 2.73. The number of nitrogens with one attached hydrogen (secondary N) is 1. The maximum absolute atomic E-state index is 12.6. The Balaban J connectivity index is 0.00000341. The summed E-state index contributed by atoms with van der Waals surface area (Å²) < 4.78 is 5.34. The van der Waals surface area contributed by atoms with Crippen LogP contribution in [0.25, 0.3) is 0 Å². The minimum Gasteiger partial charge on any atom is -0.495 e. The molecule has 0 aromatic heterocycles. The molecule has 0 unspecified atom stereocenters. The van der Waals surface area contributed by atoms with E-state index < -0.39 is 23.1 Å². The van der Waals surface area contributed by atoms with E-state index in [1.54, 1.807) is 25.9 Å². The van der Waals surface area contributed by atoms with Crippen LogP contribution < -0.4 is 15.1 Å². The van der Waals surface area contributed by atoms with Crippen LogP contribution in [0.4, 0.5) is 5.69 Å². The van der Waals surface area contributed by atoms with Crippen LogP contribution in [-0.4, -0.2) is 66.8 Å². The second kappa shape index (κ2) is 10.1. The molecule has 170 valence electrons. The molecule has 2 aliphatic heterocycles. The number of piperidine rings is 1. The summed E-state index contributed by atoms with van der Waals surface area (Å²) in [7, 11) is 1.57. The van der Waals surface area contributed by atoms with Crippen molar-refractivity contribution in [3.05, 3.63) is 24.3 Å². The lowest BCUT2D eigenvalue weighted by atomic mass is 9.83. The van der Waals surface area contributed by atoms with Gasteiger partial charge in [0.1, 0.15) is 5.75 Å². The fourth-order valence-corrected chi connectivity index (χ4v) is 3.63. The largest absolute Gasteiger partial charge is 0.495 e. The van der Waals surface area contributed by atoms with Gasteiger partial charge in [-0.25, -0.2) is 0 Å². The molecule has 2 fully saturated rings. The molecule has 10 heteroatoms. The van der Waals surface area contributed by atoms with Gasteiger partial charge in [0.25, 0.3) is 5.91 Å². The molecule has 2 saturated heterocycles. The maximum Gasteiger partial charge on any atom is 0.253 e. The van der Waals surface area contributed by atoms with Crippen LogP contribution in [0.5, 0.6) is 5.75 Å². The predicted molar refractivity (Wildman–Crippen MR) is 117 cm³/mol. The number of para-hydroxylation sites is 2. The second-order valence-corrected chi connectivity index (χ2v) is 8.20. The summed E-state index contributed by atoms with van der Waals surface area (Å²) in [5, 5.41) is 0.844. The van der Waals surface area contributed by atoms with Crippen molar-refractivity contribution in [3.8, 4) is 5.75 Å². The van der Waals surface area contributed by atoms with Gasteiger partial charge in [-0.2, -0.15) is 5.01 Å². The summed E-state index contributed by atoms with van der Waals surface area (Å²) in [5.41, 5.74) is 2.48. The molecule has 0 aliphatic carbocycles. The Hall–Kier alpha value is -2.65. The van der Waals surface area contributed by atoms with E-state index in [-0.39, 0.29) is 37.7 Å². The molecule has 1 aromatic rings. The van der Waals surface area contributed by atoms with Crippen LogP contribution in [-0.2, 0) is 19.2 Å². The number of hydrogen-bond acceptors (Lipinski definition) is 6. The number of benzene rings is 1. The van der Waals surface area contributed by atoms with Crippen LogP contribution in [0, 0.1) is 5.41 Å². The van der Waals surface area contributed by atoms with Crippen LogP contribution >= 0.6 is 12.4 Å². The fraction of sp³-hybridized carbons (Fsp3) is 0.524. The Labute approximate surface area is 188 Å². The van der Waals surface area contributed by atoms with Crippen LogP contribution in [0.1, 0.15) is 33.1 Å².